The summed E-state index contributed by atoms with van der Waals surface area (Å²) in [5.74, 6) is -0.647. The van der Waals surface area contributed by atoms with E-state index in [0.29, 0.717) is 12.8 Å². The third-order valence-corrected chi connectivity index (χ3v) is 3.81. The molecule has 0 bridgehead atoms. The van der Waals surface area contributed by atoms with Crippen LogP contribution in [-0.2, 0) is 0 Å². The fourth-order valence-corrected chi connectivity index (χ4v) is 2.83. The average molecular weight is 304 g/mol. The lowest BCUT2D eigenvalue weighted by Crippen LogP contribution is -2.38. The van der Waals surface area contributed by atoms with E-state index in [9.17, 15) is 15.0 Å². The van der Waals surface area contributed by atoms with Gasteiger partial charge in [0, 0.05) is 11.1 Å². The number of hydrogen-bond acceptors (Lipinski definition) is 3. The number of amides is 1. The molecule has 4 nitrogen and oxygen atoms in total. The van der Waals surface area contributed by atoms with Crippen molar-refractivity contribution in [2.24, 2.45) is 0 Å². The van der Waals surface area contributed by atoms with Crippen LogP contribution in [-0.4, -0.2) is 28.3 Å². The van der Waals surface area contributed by atoms with Gasteiger partial charge in [-0.1, -0.05) is 23.2 Å². The molecule has 0 aromatic heterocycles. The van der Waals surface area contributed by atoms with E-state index in [1.807, 2.05) is 0 Å². The molecule has 0 atom stereocenters. The molecule has 19 heavy (non-hydrogen) atoms. The summed E-state index contributed by atoms with van der Waals surface area (Å²) < 4.78 is 0. The van der Waals surface area contributed by atoms with Crippen LogP contribution in [0.15, 0.2) is 12.1 Å². The number of phenolic OH excluding ortho intramolecular Hbond substituents is 1. The molecule has 3 N–H and O–H groups in total. The minimum absolute atomic E-state index is 0.00189. The van der Waals surface area contributed by atoms with E-state index in [2.05, 4.69) is 5.32 Å². The van der Waals surface area contributed by atoms with Crippen LogP contribution in [0.4, 0.5) is 0 Å². The fraction of sp³-hybridized carbons (Fsp3) is 0.462. The molecule has 0 saturated heterocycles. The van der Waals surface area contributed by atoms with Gasteiger partial charge in [-0.3, -0.25) is 4.79 Å². The molecule has 1 amide bonds. The first-order valence-electron chi connectivity index (χ1n) is 6.14. The number of aliphatic hydroxyl groups is 1. The van der Waals surface area contributed by atoms with Gasteiger partial charge in [-0.25, -0.2) is 0 Å². The van der Waals surface area contributed by atoms with E-state index >= 15 is 0 Å². The second-order valence-corrected chi connectivity index (χ2v) is 5.60. The number of phenols is 1. The first kappa shape index (κ1) is 14.4. The van der Waals surface area contributed by atoms with Crippen molar-refractivity contribution in [1.29, 1.82) is 0 Å². The van der Waals surface area contributed by atoms with E-state index in [4.69, 9.17) is 23.2 Å². The fourth-order valence-electron chi connectivity index (χ4n) is 2.26. The van der Waals surface area contributed by atoms with Crippen molar-refractivity contribution >= 4 is 29.1 Å². The SMILES string of the molecule is O=C(NC1CCC(O)CC1)c1c(O)cc(Cl)cc1Cl. The molecule has 104 valence electrons. The molecule has 6 heteroatoms. The van der Waals surface area contributed by atoms with Gasteiger partial charge in [0.15, 0.2) is 0 Å². The molecular weight excluding hydrogens is 289 g/mol. The van der Waals surface area contributed by atoms with Crippen LogP contribution in [0, 0.1) is 0 Å². The molecule has 0 spiro atoms. The maximum absolute atomic E-state index is 12.1. The smallest absolute Gasteiger partial charge is 0.256 e. The van der Waals surface area contributed by atoms with Gasteiger partial charge in [-0.05, 0) is 37.8 Å². The number of rotatable bonds is 2. The van der Waals surface area contributed by atoms with Crippen molar-refractivity contribution in [2.75, 3.05) is 0 Å². The van der Waals surface area contributed by atoms with Gasteiger partial charge in [0.25, 0.3) is 5.91 Å². The molecule has 0 aliphatic heterocycles. The number of carbonyl (C=O) groups is 1. The van der Waals surface area contributed by atoms with Crippen molar-refractivity contribution in [3.63, 3.8) is 0 Å². The third-order valence-electron chi connectivity index (χ3n) is 3.29. The average Bonchev–Trinajstić information content (AvgIpc) is 2.30. The van der Waals surface area contributed by atoms with Crippen molar-refractivity contribution in [2.45, 2.75) is 37.8 Å². The van der Waals surface area contributed by atoms with Gasteiger partial charge < -0.3 is 15.5 Å². The lowest BCUT2D eigenvalue weighted by atomic mass is 9.93. The van der Waals surface area contributed by atoms with Crippen molar-refractivity contribution in [1.82, 2.24) is 5.32 Å². The number of benzene rings is 1. The summed E-state index contributed by atoms with van der Waals surface area (Å²) >= 11 is 11.7. The van der Waals surface area contributed by atoms with Gasteiger partial charge in [0.1, 0.15) is 5.75 Å². The van der Waals surface area contributed by atoms with Crippen LogP contribution < -0.4 is 5.32 Å². The van der Waals surface area contributed by atoms with E-state index in [-0.39, 0.29) is 33.5 Å². The maximum Gasteiger partial charge on any atom is 0.256 e. The van der Waals surface area contributed by atoms with Gasteiger partial charge in [-0.15, -0.1) is 0 Å². The molecule has 0 unspecified atom stereocenters. The molecule has 1 saturated carbocycles. The van der Waals surface area contributed by atoms with Gasteiger partial charge >= 0.3 is 0 Å². The number of aromatic hydroxyl groups is 1. The lowest BCUT2D eigenvalue weighted by Gasteiger charge is -2.26. The maximum atomic E-state index is 12.1. The Hall–Kier alpha value is -0.970. The van der Waals surface area contributed by atoms with Crippen molar-refractivity contribution in [3.05, 3.63) is 27.7 Å². The summed E-state index contributed by atoms with van der Waals surface area (Å²) in [4.78, 5) is 12.1. The second-order valence-electron chi connectivity index (χ2n) is 4.76. The minimum atomic E-state index is -0.416. The monoisotopic (exact) mass is 303 g/mol. The van der Waals surface area contributed by atoms with Gasteiger partial charge in [-0.2, -0.15) is 0 Å². The standard InChI is InChI=1S/C13H15Cl2NO3/c14-7-5-10(15)12(11(18)6-7)13(19)16-8-1-3-9(17)4-2-8/h5-6,8-9,17-18H,1-4H2,(H,16,19). The summed E-state index contributed by atoms with van der Waals surface area (Å²) in [6, 6.07) is 2.71. The van der Waals surface area contributed by atoms with Crippen molar-refractivity contribution in [3.8, 4) is 5.75 Å². The predicted octanol–water partition coefficient (Wildman–Crippen LogP) is 2.73. The zero-order chi connectivity index (χ0) is 14.0. The van der Waals surface area contributed by atoms with E-state index in [1.165, 1.54) is 12.1 Å². The quantitative estimate of drug-likeness (QED) is 0.787. The summed E-state index contributed by atoms with van der Waals surface area (Å²) in [7, 11) is 0. The Morgan fingerprint density at radius 1 is 1.21 bits per heavy atom. The highest BCUT2D eigenvalue weighted by Gasteiger charge is 2.23. The Labute approximate surface area is 121 Å². The first-order chi connectivity index (χ1) is 8.97. The molecular formula is C13H15Cl2NO3. The zero-order valence-corrected chi connectivity index (χ0v) is 11.7. The minimum Gasteiger partial charge on any atom is -0.507 e. The van der Waals surface area contributed by atoms with Crippen molar-refractivity contribution < 1.29 is 15.0 Å². The normalized spacial score (nSPS) is 23.1. The van der Waals surface area contributed by atoms with Crippen LogP contribution in [0.3, 0.4) is 0 Å². The molecule has 0 heterocycles. The first-order valence-corrected chi connectivity index (χ1v) is 6.90. The van der Waals surface area contributed by atoms with Crippen LogP contribution in [0.25, 0.3) is 0 Å². The van der Waals surface area contributed by atoms with Crippen LogP contribution in [0.2, 0.25) is 10.0 Å². The molecule has 1 aromatic carbocycles. The van der Waals surface area contributed by atoms with Crippen LogP contribution in [0.1, 0.15) is 36.0 Å². The molecule has 1 aromatic rings. The Morgan fingerprint density at radius 3 is 2.42 bits per heavy atom. The molecule has 1 fully saturated rings. The Balaban J connectivity index is 2.08. The molecule has 1 aliphatic rings. The van der Waals surface area contributed by atoms with Gasteiger partial charge in [0.2, 0.25) is 0 Å². The summed E-state index contributed by atoms with van der Waals surface area (Å²) in [5.41, 5.74) is 0.0391. The van der Waals surface area contributed by atoms with E-state index in [0.717, 1.165) is 12.8 Å². The highest BCUT2D eigenvalue weighted by Crippen LogP contribution is 2.30. The topological polar surface area (TPSA) is 69.6 Å². The van der Waals surface area contributed by atoms with Crippen LogP contribution in [0.5, 0.6) is 5.75 Å². The van der Waals surface area contributed by atoms with Crippen LogP contribution >= 0.6 is 23.2 Å². The Morgan fingerprint density at radius 2 is 1.84 bits per heavy atom. The zero-order valence-electron chi connectivity index (χ0n) is 10.2. The third kappa shape index (κ3) is 3.53. The second kappa shape index (κ2) is 5.99. The number of nitrogens with one attached hydrogen (secondary N) is 1. The van der Waals surface area contributed by atoms with E-state index in [1.54, 1.807) is 0 Å². The largest absolute Gasteiger partial charge is 0.507 e. The number of hydrogen-bond donors (Lipinski definition) is 3. The lowest BCUT2D eigenvalue weighted by molar-refractivity contribution is 0.0865. The summed E-state index contributed by atoms with van der Waals surface area (Å²) in [6.07, 6.45) is 2.51. The molecule has 1 aliphatic carbocycles. The molecule has 0 radical (unpaired) electrons. The predicted molar refractivity (Wildman–Crippen MR) is 73.9 cm³/mol. The summed E-state index contributed by atoms with van der Waals surface area (Å²) in [5, 5.41) is 22.4. The molecule has 2 rings (SSSR count). The Bertz CT molecular complexity index is 462. The van der Waals surface area contributed by atoms with E-state index < -0.39 is 5.91 Å². The highest BCUT2D eigenvalue weighted by atomic mass is 35.5. The Kier molecular flexibility index (Phi) is 4.55. The van der Waals surface area contributed by atoms with Gasteiger partial charge in [0.05, 0.1) is 16.7 Å². The number of aliphatic hydroxyl groups excluding tert-OH is 1. The highest BCUT2D eigenvalue weighted by molar-refractivity contribution is 6.37. The number of carbonyl (C=O) groups excluding carboxylic acids is 1. The number of halogens is 2. The summed E-state index contributed by atoms with van der Waals surface area (Å²) in [6.45, 7) is 0.